The lowest BCUT2D eigenvalue weighted by atomic mass is 9.62. The Labute approximate surface area is 163 Å². The normalized spacial score (nSPS) is 11.2. The number of aliphatic carboxylic acids is 1. The molecular weight excluding hydrogens is 358 g/mol. The van der Waals surface area contributed by atoms with Gasteiger partial charge in [0, 0.05) is 16.5 Å². The van der Waals surface area contributed by atoms with E-state index in [1.165, 1.54) is 0 Å². The lowest BCUT2D eigenvalue weighted by Crippen LogP contribution is -2.55. The quantitative estimate of drug-likeness (QED) is 0.590. The molecule has 0 unspecified atom stereocenters. The monoisotopic (exact) mass is 372 g/mol. The molecule has 9 heteroatoms. The molecule has 3 rings (SSSR count). The van der Waals surface area contributed by atoms with Gasteiger partial charge in [-0.25, -0.2) is 4.98 Å². The Bertz CT molecular complexity index is 1070. The maximum atomic E-state index is 12.3. The molecule has 0 spiro atoms. The highest BCUT2D eigenvalue weighted by atomic mass is 16.5. The van der Waals surface area contributed by atoms with Gasteiger partial charge in [-0.15, -0.1) is 0 Å². The molecule has 0 bridgehead atoms. The van der Waals surface area contributed by atoms with E-state index in [1.807, 2.05) is 23.5 Å². The predicted octanol–water partition coefficient (Wildman–Crippen LogP) is 1.85. The third-order valence-electron chi connectivity index (χ3n) is 4.01. The molecule has 1 heterocycles. The highest BCUT2D eigenvalue weighted by molar-refractivity contribution is 6.51. The standard InChI is InChI=1S/C19H14B2N2O5/c1-10-14-9-12(28-11-5-3-2-4-6-11)7-8-13(14)16(24)15(22-10)17(25)23-19(20,21)18(26)27/h2-9,24H,1H3,(H,23,25)(H,26,27). The Morgan fingerprint density at radius 1 is 1.07 bits per heavy atom. The zero-order valence-electron chi connectivity index (χ0n) is 14.8. The number of carboxylic acid groups (broad SMARTS) is 1. The van der Waals surface area contributed by atoms with Gasteiger partial charge in [-0.2, -0.15) is 0 Å². The molecule has 28 heavy (non-hydrogen) atoms. The SMILES string of the molecule is [B]C([B])(NC(=O)c1nc(C)c2cc(Oc3ccccc3)ccc2c1O)C(=O)O. The zero-order valence-corrected chi connectivity index (χ0v) is 14.8. The second-order valence-electron chi connectivity index (χ2n) is 6.15. The van der Waals surface area contributed by atoms with Crippen molar-refractivity contribution in [3.05, 3.63) is 59.9 Å². The van der Waals surface area contributed by atoms with Gasteiger partial charge in [-0.1, -0.05) is 18.2 Å². The number of aromatic nitrogens is 1. The van der Waals surface area contributed by atoms with E-state index in [0.29, 0.717) is 28.0 Å². The maximum Gasteiger partial charge on any atom is 0.310 e. The minimum Gasteiger partial charge on any atom is -0.505 e. The Morgan fingerprint density at radius 3 is 2.39 bits per heavy atom. The number of fused-ring (bicyclic) bond motifs is 1. The summed E-state index contributed by atoms with van der Waals surface area (Å²) in [6.45, 7) is 1.64. The molecule has 0 atom stereocenters. The van der Waals surface area contributed by atoms with Crippen molar-refractivity contribution in [3.8, 4) is 17.2 Å². The number of pyridine rings is 1. The molecule has 0 saturated carbocycles. The molecule has 2 aromatic carbocycles. The van der Waals surface area contributed by atoms with Crippen molar-refractivity contribution < 1.29 is 24.5 Å². The zero-order chi connectivity index (χ0) is 20.5. The number of carbonyl (C=O) groups excluding carboxylic acids is 1. The van der Waals surface area contributed by atoms with Gasteiger partial charge in [-0.05, 0) is 37.3 Å². The fraction of sp³-hybridized carbons (Fsp3) is 0.105. The molecule has 4 radical (unpaired) electrons. The van der Waals surface area contributed by atoms with Crippen LogP contribution in [0.25, 0.3) is 10.8 Å². The number of hydrogen-bond donors (Lipinski definition) is 3. The third-order valence-corrected chi connectivity index (χ3v) is 4.01. The molecule has 0 aliphatic heterocycles. The summed E-state index contributed by atoms with van der Waals surface area (Å²) in [4.78, 5) is 27.4. The number of nitrogens with zero attached hydrogens (tertiary/aromatic N) is 1. The van der Waals surface area contributed by atoms with E-state index in [-0.39, 0.29) is 5.69 Å². The summed E-state index contributed by atoms with van der Waals surface area (Å²) in [5.74, 6) is -1.91. The first-order valence-corrected chi connectivity index (χ1v) is 8.19. The largest absolute Gasteiger partial charge is 0.505 e. The Hall–Kier alpha value is -3.48. The predicted molar refractivity (Wildman–Crippen MR) is 104 cm³/mol. The Kier molecular flexibility index (Phi) is 5.00. The molecule has 7 nitrogen and oxygen atoms in total. The molecular formula is C19H14B2N2O5. The minimum absolute atomic E-state index is 0.341. The number of aryl methyl sites for hydroxylation is 1. The Balaban J connectivity index is 1.98. The first kappa shape index (κ1) is 19.3. The average Bonchev–Trinajstić information content (AvgIpc) is 2.65. The van der Waals surface area contributed by atoms with Crippen molar-refractivity contribution in [3.63, 3.8) is 0 Å². The minimum atomic E-state index is -2.50. The molecule has 0 saturated heterocycles. The van der Waals surface area contributed by atoms with E-state index in [1.54, 1.807) is 37.3 Å². The van der Waals surface area contributed by atoms with Crippen LogP contribution in [0.1, 0.15) is 16.2 Å². The van der Waals surface area contributed by atoms with Crippen molar-refractivity contribution in [2.45, 2.75) is 12.3 Å². The molecule has 0 aliphatic rings. The van der Waals surface area contributed by atoms with E-state index in [0.717, 1.165) is 0 Å². The second kappa shape index (κ2) is 7.26. The van der Waals surface area contributed by atoms with Crippen LogP contribution in [0, 0.1) is 6.92 Å². The summed E-state index contributed by atoms with van der Waals surface area (Å²) >= 11 is 0. The van der Waals surface area contributed by atoms with Gasteiger partial charge in [0.05, 0.1) is 5.34 Å². The highest BCUT2D eigenvalue weighted by Gasteiger charge is 2.30. The van der Waals surface area contributed by atoms with Gasteiger partial charge in [0.15, 0.2) is 11.4 Å². The number of rotatable bonds is 5. The molecule has 1 amide bonds. The fourth-order valence-corrected chi connectivity index (χ4v) is 2.58. The van der Waals surface area contributed by atoms with Crippen molar-refractivity contribution >= 4 is 38.3 Å². The van der Waals surface area contributed by atoms with Crippen molar-refractivity contribution in [1.82, 2.24) is 10.3 Å². The van der Waals surface area contributed by atoms with Crippen LogP contribution >= 0.6 is 0 Å². The van der Waals surface area contributed by atoms with Crippen molar-refractivity contribution in [2.24, 2.45) is 0 Å². The van der Waals surface area contributed by atoms with Gasteiger partial charge in [-0.3, -0.25) is 9.59 Å². The summed E-state index contributed by atoms with van der Waals surface area (Å²) < 4.78 is 5.76. The number of benzene rings is 2. The number of ether oxygens (including phenoxy) is 1. The fourth-order valence-electron chi connectivity index (χ4n) is 2.58. The molecule has 0 fully saturated rings. The van der Waals surface area contributed by atoms with E-state index in [9.17, 15) is 14.7 Å². The van der Waals surface area contributed by atoms with Crippen LogP contribution < -0.4 is 10.1 Å². The van der Waals surface area contributed by atoms with Gasteiger partial charge < -0.3 is 20.3 Å². The molecule has 3 aromatic rings. The summed E-state index contributed by atoms with van der Waals surface area (Å²) in [7, 11) is 10.6. The van der Waals surface area contributed by atoms with Gasteiger partial charge in [0.2, 0.25) is 0 Å². The summed E-state index contributed by atoms with van der Waals surface area (Å²) in [6, 6.07) is 14.0. The molecule has 136 valence electrons. The van der Waals surface area contributed by atoms with Gasteiger partial charge in [0.25, 0.3) is 5.91 Å². The lowest BCUT2D eigenvalue weighted by Gasteiger charge is -2.22. The smallest absolute Gasteiger partial charge is 0.310 e. The summed E-state index contributed by atoms with van der Waals surface area (Å²) in [5.41, 5.74) is 0.0367. The van der Waals surface area contributed by atoms with Crippen LogP contribution in [0.5, 0.6) is 17.2 Å². The van der Waals surface area contributed by atoms with Crippen molar-refractivity contribution in [2.75, 3.05) is 0 Å². The molecule has 3 N–H and O–H groups in total. The van der Waals surface area contributed by atoms with Crippen LogP contribution in [0.3, 0.4) is 0 Å². The van der Waals surface area contributed by atoms with Crippen LogP contribution in [0.4, 0.5) is 0 Å². The topological polar surface area (TPSA) is 109 Å². The van der Waals surface area contributed by atoms with Gasteiger partial charge in [0.1, 0.15) is 27.2 Å². The van der Waals surface area contributed by atoms with Crippen LogP contribution in [0.15, 0.2) is 48.5 Å². The number of para-hydroxylation sites is 1. The first-order chi connectivity index (χ1) is 13.2. The second-order valence-corrected chi connectivity index (χ2v) is 6.15. The number of carboxylic acids is 1. The maximum absolute atomic E-state index is 12.3. The van der Waals surface area contributed by atoms with Crippen LogP contribution in [-0.4, -0.2) is 48.1 Å². The summed E-state index contributed by atoms with van der Waals surface area (Å²) in [6.07, 6.45) is 0. The Morgan fingerprint density at radius 2 is 1.75 bits per heavy atom. The van der Waals surface area contributed by atoms with E-state index >= 15 is 0 Å². The first-order valence-electron chi connectivity index (χ1n) is 8.19. The van der Waals surface area contributed by atoms with Crippen molar-refractivity contribution in [1.29, 1.82) is 0 Å². The third kappa shape index (κ3) is 3.78. The average molecular weight is 372 g/mol. The van der Waals surface area contributed by atoms with E-state index in [2.05, 4.69) is 4.98 Å². The van der Waals surface area contributed by atoms with E-state index < -0.39 is 23.0 Å². The van der Waals surface area contributed by atoms with Crippen LogP contribution in [0.2, 0.25) is 0 Å². The number of nitrogens with one attached hydrogen (secondary N) is 1. The van der Waals surface area contributed by atoms with Crippen LogP contribution in [-0.2, 0) is 4.79 Å². The number of carbonyl (C=O) groups is 2. The molecule has 1 aromatic heterocycles. The number of aromatic hydroxyl groups is 1. The molecule has 0 aliphatic carbocycles. The number of hydrogen-bond acceptors (Lipinski definition) is 5. The summed E-state index contributed by atoms with van der Waals surface area (Å²) in [5, 5.41) is 19.7. The van der Waals surface area contributed by atoms with Gasteiger partial charge >= 0.3 is 5.97 Å². The van der Waals surface area contributed by atoms with E-state index in [4.69, 9.17) is 25.5 Å². The highest BCUT2D eigenvalue weighted by Crippen LogP contribution is 2.33. The number of amides is 1. The lowest BCUT2D eigenvalue weighted by molar-refractivity contribution is -0.138.